The number of pyridine rings is 1. The molecule has 1 aromatic carbocycles. The van der Waals surface area contributed by atoms with E-state index in [2.05, 4.69) is 11.1 Å². The van der Waals surface area contributed by atoms with Crippen molar-refractivity contribution in [3.63, 3.8) is 0 Å². The Bertz CT molecular complexity index is 555. The van der Waals surface area contributed by atoms with Gasteiger partial charge in [0.15, 0.2) is 0 Å². The quantitative estimate of drug-likeness (QED) is 0.890. The molecule has 0 aliphatic heterocycles. The number of benzene rings is 1. The van der Waals surface area contributed by atoms with Gasteiger partial charge in [0.25, 0.3) is 0 Å². The number of aliphatic hydroxyl groups excluding tert-OH is 1. The number of aryl methyl sites for hydroxylation is 1. The number of hydrogen-bond donors (Lipinski definition) is 1. The van der Waals surface area contributed by atoms with Crippen molar-refractivity contribution in [2.45, 2.75) is 12.8 Å². The lowest BCUT2D eigenvalue weighted by Gasteiger charge is -2.05. The molecule has 2 aromatic rings. The molecule has 0 aliphatic carbocycles. The first-order valence-electron chi connectivity index (χ1n) is 5.90. The summed E-state index contributed by atoms with van der Waals surface area (Å²) in [6, 6.07) is 13.6. The fourth-order valence-electron chi connectivity index (χ4n) is 1.82. The van der Waals surface area contributed by atoms with Crippen molar-refractivity contribution in [2.75, 3.05) is 6.61 Å². The zero-order valence-corrected chi connectivity index (χ0v) is 10.0. The minimum atomic E-state index is 0.181. The predicted molar refractivity (Wildman–Crippen MR) is 69.8 cm³/mol. The van der Waals surface area contributed by atoms with E-state index in [0.29, 0.717) is 5.56 Å². The first kappa shape index (κ1) is 12.3. The lowest BCUT2D eigenvalue weighted by Crippen LogP contribution is -1.93. The topological polar surface area (TPSA) is 56.9 Å². The highest BCUT2D eigenvalue weighted by Gasteiger charge is 2.04. The van der Waals surface area contributed by atoms with Crippen LogP contribution < -0.4 is 0 Å². The number of aliphatic hydroxyl groups is 1. The van der Waals surface area contributed by atoms with Crippen LogP contribution in [0.3, 0.4) is 0 Å². The van der Waals surface area contributed by atoms with E-state index in [-0.39, 0.29) is 6.61 Å². The summed E-state index contributed by atoms with van der Waals surface area (Å²) in [4.78, 5) is 4.35. The van der Waals surface area contributed by atoms with Gasteiger partial charge >= 0.3 is 0 Å². The van der Waals surface area contributed by atoms with E-state index >= 15 is 0 Å². The summed E-state index contributed by atoms with van der Waals surface area (Å²) in [7, 11) is 0. The molecule has 3 heteroatoms. The monoisotopic (exact) mass is 238 g/mol. The van der Waals surface area contributed by atoms with Gasteiger partial charge in [-0.2, -0.15) is 5.26 Å². The number of aromatic nitrogens is 1. The SMILES string of the molecule is N#Cc1ccccc1-c1ccc(CCCO)nc1. The van der Waals surface area contributed by atoms with Gasteiger partial charge in [-0.3, -0.25) is 4.98 Å². The van der Waals surface area contributed by atoms with Crippen molar-refractivity contribution in [1.82, 2.24) is 4.98 Å². The van der Waals surface area contributed by atoms with Crippen molar-refractivity contribution in [3.05, 3.63) is 53.9 Å². The number of nitriles is 1. The van der Waals surface area contributed by atoms with Crippen molar-refractivity contribution >= 4 is 0 Å². The molecule has 0 saturated carbocycles. The van der Waals surface area contributed by atoms with E-state index in [0.717, 1.165) is 29.7 Å². The Morgan fingerprint density at radius 2 is 2.00 bits per heavy atom. The second-order valence-corrected chi connectivity index (χ2v) is 4.02. The Morgan fingerprint density at radius 1 is 1.17 bits per heavy atom. The summed E-state index contributed by atoms with van der Waals surface area (Å²) in [6.45, 7) is 0.181. The third-order valence-corrected chi connectivity index (χ3v) is 2.77. The van der Waals surface area contributed by atoms with E-state index in [1.165, 1.54) is 0 Å². The van der Waals surface area contributed by atoms with Gasteiger partial charge in [0.2, 0.25) is 0 Å². The van der Waals surface area contributed by atoms with Crippen LogP contribution in [0.1, 0.15) is 17.7 Å². The van der Waals surface area contributed by atoms with Gasteiger partial charge in [0.05, 0.1) is 11.6 Å². The Hall–Kier alpha value is -2.18. The molecule has 0 amide bonds. The van der Waals surface area contributed by atoms with Gasteiger partial charge < -0.3 is 5.11 Å². The maximum atomic E-state index is 9.05. The molecule has 1 N–H and O–H groups in total. The normalized spacial score (nSPS) is 10.0. The smallest absolute Gasteiger partial charge is 0.0998 e. The molecule has 0 saturated heterocycles. The summed E-state index contributed by atoms with van der Waals surface area (Å²) >= 11 is 0. The molecule has 0 atom stereocenters. The Kier molecular flexibility index (Phi) is 4.06. The van der Waals surface area contributed by atoms with Crippen LogP contribution in [-0.4, -0.2) is 16.7 Å². The molecule has 1 aromatic heterocycles. The van der Waals surface area contributed by atoms with E-state index < -0.39 is 0 Å². The first-order chi connectivity index (χ1) is 8.85. The maximum absolute atomic E-state index is 9.05. The molecule has 0 fully saturated rings. The minimum Gasteiger partial charge on any atom is -0.396 e. The van der Waals surface area contributed by atoms with Crippen LogP contribution in [0.25, 0.3) is 11.1 Å². The van der Waals surface area contributed by atoms with E-state index in [1.807, 2.05) is 30.3 Å². The summed E-state index contributed by atoms with van der Waals surface area (Å²) in [5.41, 5.74) is 3.46. The summed E-state index contributed by atoms with van der Waals surface area (Å²) in [6.07, 6.45) is 3.28. The van der Waals surface area contributed by atoms with Gasteiger partial charge in [0.1, 0.15) is 0 Å². The molecular weight excluding hydrogens is 224 g/mol. The summed E-state index contributed by atoms with van der Waals surface area (Å²) < 4.78 is 0. The largest absolute Gasteiger partial charge is 0.396 e. The van der Waals surface area contributed by atoms with Crippen LogP contribution in [0, 0.1) is 11.3 Å². The Labute approximate surface area is 106 Å². The molecule has 90 valence electrons. The second-order valence-electron chi connectivity index (χ2n) is 4.02. The van der Waals surface area contributed by atoms with Crippen LogP contribution >= 0.6 is 0 Å². The highest BCUT2D eigenvalue weighted by molar-refractivity contribution is 5.69. The van der Waals surface area contributed by atoms with Crippen molar-refractivity contribution in [1.29, 1.82) is 5.26 Å². The minimum absolute atomic E-state index is 0.181. The fraction of sp³-hybridized carbons (Fsp3) is 0.200. The molecule has 0 radical (unpaired) electrons. The first-order valence-corrected chi connectivity index (χ1v) is 5.90. The third kappa shape index (κ3) is 2.73. The van der Waals surface area contributed by atoms with Gasteiger partial charge in [-0.1, -0.05) is 24.3 Å². The highest BCUT2D eigenvalue weighted by atomic mass is 16.2. The summed E-state index contributed by atoms with van der Waals surface area (Å²) in [5.74, 6) is 0. The number of hydrogen-bond acceptors (Lipinski definition) is 3. The zero-order chi connectivity index (χ0) is 12.8. The average molecular weight is 238 g/mol. The van der Waals surface area contributed by atoms with Crippen LogP contribution in [0.5, 0.6) is 0 Å². The second kappa shape index (κ2) is 5.95. The van der Waals surface area contributed by atoms with Crippen LogP contribution in [0.15, 0.2) is 42.6 Å². The lowest BCUT2D eigenvalue weighted by atomic mass is 10.0. The van der Waals surface area contributed by atoms with Crippen LogP contribution in [0.4, 0.5) is 0 Å². The average Bonchev–Trinajstić information content (AvgIpc) is 2.45. The predicted octanol–water partition coefficient (Wildman–Crippen LogP) is 2.55. The van der Waals surface area contributed by atoms with Gasteiger partial charge in [0, 0.05) is 29.6 Å². The summed E-state index contributed by atoms with van der Waals surface area (Å²) in [5, 5.41) is 17.8. The lowest BCUT2D eigenvalue weighted by molar-refractivity contribution is 0.288. The van der Waals surface area contributed by atoms with Crippen molar-refractivity contribution < 1.29 is 5.11 Å². The molecular formula is C15H14N2O. The number of nitrogens with zero attached hydrogens (tertiary/aromatic N) is 2. The van der Waals surface area contributed by atoms with Crippen molar-refractivity contribution in [3.8, 4) is 17.2 Å². The Balaban J connectivity index is 2.27. The Morgan fingerprint density at radius 3 is 2.67 bits per heavy atom. The molecule has 0 unspecified atom stereocenters. The molecule has 0 bridgehead atoms. The van der Waals surface area contributed by atoms with E-state index in [1.54, 1.807) is 12.3 Å². The van der Waals surface area contributed by atoms with Gasteiger partial charge in [-0.05, 0) is 25.0 Å². The highest BCUT2D eigenvalue weighted by Crippen LogP contribution is 2.22. The fourth-order valence-corrected chi connectivity index (χ4v) is 1.82. The molecule has 1 heterocycles. The molecule has 2 rings (SSSR count). The third-order valence-electron chi connectivity index (χ3n) is 2.77. The van der Waals surface area contributed by atoms with E-state index in [4.69, 9.17) is 10.4 Å². The molecule has 18 heavy (non-hydrogen) atoms. The maximum Gasteiger partial charge on any atom is 0.0998 e. The standard InChI is InChI=1S/C15H14N2O/c16-10-12-4-1-2-6-15(12)13-7-8-14(17-11-13)5-3-9-18/h1-2,4,6-8,11,18H,3,5,9H2. The molecule has 0 aliphatic rings. The van der Waals surface area contributed by atoms with Gasteiger partial charge in [-0.15, -0.1) is 0 Å². The van der Waals surface area contributed by atoms with Gasteiger partial charge in [-0.25, -0.2) is 0 Å². The zero-order valence-electron chi connectivity index (χ0n) is 10.0. The molecule has 0 spiro atoms. The number of rotatable bonds is 4. The van der Waals surface area contributed by atoms with Crippen molar-refractivity contribution in [2.24, 2.45) is 0 Å². The van der Waals surface area contributed by atoms with Crippen LogP contribution in [0.2, 0.25) is 0 Å². The van der Waals surface area contributed by atoms with Crippen LogP contribution in [-0.2, 0) is 6.42 Å². The molecule has 3 nitrogen and oxygen atoms in total. The van der Waals surface area contributed by atoms with E-state index in [9.17, 15) is 0 Å².